The molecule has 0 saturated carbocycles. The summed E-state index contributed by atoms with van der Waals surface area (Å²) >= 11 is 3.51. The Balaban J connectivity index is 2.18. The normalized spacial score (nSPS) is 17.3. The second kappa shape index (κ2) is 7.10. The average Bonchev–Trinajstić information content (AvgIpc) is 2.42. The summed E-state index contributed by atoms with van der Waals surface area (Å²) in [6.45, 7) is 3.30. The van der Waals surface area contributed by atoms with Gasteiger partial charge in [-0.3, -0.25) is 0 Å². The van der Waals surface area contributed by atoms with E-state index in [9.17, 15) is 0 Å². The summed E-state index contributed by atoms with van der Waals surface area (Å²) < 4.78 is 1.15. The highest BCUT2D eigenvalue weighted by Crippen LogP contribution is 2.30. The maximum absolute atomic E-state index is 3.69. The monoisotopic (exact) mass is 307 g/mol. The van der Waals surface area contributed by atoms with Gasteiger partial charge in [0.15, 0.2) is 0 Å². The molecule has 1 atom stereocenters. The zero-order chi connectivity index (χ0) is 12.8. The number of allylic oxidation sites excluding steroid dienone is 1. The first-order valence-corrected chi connectivity index (χ1v) is 7.78. The zero-order valence-electron chi connectivity index (χ0n) is 11.1. The molecule has 2 heteroatoms. The third kappa shape index (κ3) is 3.69. The van der Waals surface area contributed by atoms with E-state index in [-0.39, 0.29) is 0 Å². The molecule has 18 heavy (non-hydrogen) atoms. The molecule has 0 amide bonds. The zero-order valence-corrected chi connectivity index (χ0v) is 12.7. The number of rotatable bonds is 5. The summed E-state index contributed by atoms with van der Waals surface area (Å²) in [5.41, 5.74) is 2.97. The molecule has 1 unspecified atom stereocenters. The molecule has 1 aliphatic rings. The standard InChI is InChI=1S/C16H22BrN/c1-2-12-18-16(13-6-4-3-5-7-13)14-8-10-15(17)11-9-14/h6,8-11,16,18H,2-5,7,12H2,1H3. The molecule has 0 aromatic heterocycles. The summed E-state index contributed by atoms with van der Waals surface area (Å²) in [6, 6.07) is 9.15. The molecule has 2 rings (SSSR count). The molecular formula is C16H22BrN. The van der Waals surface area contributed by atoms with E-state index < -0.39 is 0 Å². The molecule has 1 aromatic carbocycles. The number of benzene rings is 1. The highest BCUT2D eigenvalue weighted by atomic mass is 79.9. The number of hydrogen-bond acceptors (Lipinski definition) is 1. The van der Waals surface area contributed by atoms with Gasteiger partial charge >= 0.3 is 0 Å². The summed E-state index contributed by atoms with van der Waals surface area (Å²) in [7, 11) is 0. The van der Waals surface area contributed by atoms with E-state index in [2.05, 4.69) is 58.5 Å². The molecule has 0 aliphatic heterocycles. The Kier molecular flexibility index (Phi) is 5.45. The molecule has 0 fully saturated rings. The Bertz CT molecular complexity index is 394. The van der Waals surface area contributed by atoms with Crippen molar-refractivity contribution in [2.75, 3.05) is 6.54 Å². The van der Waals surface area contributed by atoms with Crippen molar-refractivity contribution >= 4 is 15.9 Å². The van der Waals surface area contributed by atoms with Crippen LogP contribution >= 0.6 is 15.9 Å². The first kappa shape index (κ1) is 13.8. The van der Waals surface area contributed by atoms with Crippen LogP contribution in [0.3, 0.4) is 0 Å². The van der Waals surface area contributed by atoms with E-state index in [1.165, 1.54) is 37.7 Å². The first-order valence-electron chi connectivity index (χ1n) is 6.99. The van der Waals surface area contributed by atoms with Crippen LogP contribution in [-0.4, -0.2) is 6.54 Å². The van der Waals surface area contributed by atoms with Crippen molar-refractivity contribution in [3.8, 4) is 0 Å². The van der Waals surface area contributed by atoms with Crippen LogP contribution in [0, 0.1) is 0 Å². The Morgan fingerprint density at radius 3 is 2.61 bits per heavy atom. The summed E-state index contributed by atoms with van der Waals surface area (Å²) in [4.78, 5) is 0. The van der Waals surface area contributed by atoms with Crippen LogP contribution in [0.15, 0.2) is 40.4 Å². The molecular weight excluding hydrogens is 286 g/mol. The van der Waals surface area contributed by atoms with Gasteiger partial charge in [0.1, 0.15) is 0 Å². The molecule has 1 nitrogen and oxygen atoms in total. The fourth-order valence-electron chi connectivity index (χ4n) is 2.53. The molecule has 98 valence electrons. The van der Waals surface area contributed by atoms with Gasteiger partial charge in [-0.25, -0.2) is 0 Å². The molecule has 0 radical (unpaired) electrons. The van der Waals surface area contributed by atoms with Gasteiger partial charge in [-0.05, 0) is 56.3 Å². The average molecular weight is 308 g/mol. The predicted molar refractivity (Wildman–Crippen MR) is 81.7 cm³/mol. The van der Waals surface area contributed by atoms with Gasteiger partial charge < -0.3 is 5.32 Å². The van der Waals surface area contributed by atoms with Crippen LogP contribution in [-0.2, 0) is 0 Å². The van der Waals surface area contributed by atoms with Crippen molar-refractivity contribution in [1.82, 2.24) is 5.32 Å². The van der Waals surface area contributed by atoms with Crippen LogP contribution < -0.4 is 5.32 Å². The van der Waals surface area contributed by atoms with Gasteiger partial charge in [0.05, 0.1) is 6.04 Å². The quantitative estimate of drug-likeness (QED) is 0.756. The van der Waals surface area contributed by atoms with Gasteiger partial charge in [0, 0.05) is 4.47 Å². The van der Waals surface area contributed by atoms with E-state index in [1.54, 1.807) is 5.57 Å². The smallest absolute Gasteiger partial charge is 0.0536 e. The van der Waals surface area contributed by atoms with Crippen molar-refractivity contribution in [1.29, 1.82) is 0 Å². The Hall–Kier alpha value is -0.600. The Morgan fingerprint density at radius 2 is 2.00 bits per heavy atom. The topological polar surface area (TPSA) is 12.0 Å². The number of nitrogens with one attached hydrogen (secondary N) is 1. The molecule has 1 aliphatic carbocycles. The van der Waals surface area contributed by atoms with Crippen molar-refractivity contribution in [2.24, 2.45) is 0 Å². The van der Waals surface area contributed by atoms with Crippen LogP contribution in [0.1, 0.15) is 50.6 Å². The maximum Gasteiger partial charge on any atom is 0.0536 e. The van der Waals surface area contributed by atoms with Crippen LogP contribution in [0.25, 0.3) is 0 Å². The van der Waals surface area contributed by atoms with Crippen molar-refractivity contribution in [3.63, 3.8) is 0 Å². The fraction of sp³-hybridized carbons (Fsp3) is 0.500. The summed E-state index contributed by atoms with van der Waals surface area (Å²) in [5.74, 6) is 0. The van der Waals surface area contributed by atoms with Crippen molar-refractivity contribution < 1.29 is 0 Å². The minimum Gasteiger partial charge on any atom is -0.307 e. The largest absolute Gasteiger partial charge is 0.307 e. The van der Waals surface area contributed by atoms with Gasteiger partial charge in [0.25, 0.3) is 0 Å². The number of hydrogen-bond donors (Lipinski definition) is 1. The Labute approximate surface area is 119 Å². The van der Waals surface area contributed by atoms with E-state index >= 15 is 0 Å². The van der Waals surface area contributed by atoms with Gasteiger partial charge in [-0.1, -0.05) is 46.6 Å². The number of halogens is 1. The van der Waals surface area contributed by atoms with E-state index in [0.29, 0.717) is 6.04 Å². The minimum atomic E-state index is 0.415. The van der Waals surface area contributed by atoms with Gasteiger partial charge in [0.2, 0.25) is 0 Å². The highest BCUT2D eigenvalue weighted by Gasteiger charge is 2.17. The molecule has 0 saturated heterocycles. The first-order chi connectivity index (χ1) is 8.81. The lowest BCUT2D eigenvalue weighted by Crippen LogP contribution is -2.24. The molecule has 0 bridgehead atoms. The lowest BCUT2D eigenvalue weighted by Gasteiger charge is -2.25. The fourth-order valence-corrected chi connectivity index (χ4v) is 2.80. The molecule has 0 heterocycles. The summed E-state index contributed by atoms with van der Waals surface area (Å²) in [5, 5.41) is 3.69. The lowest BCUT2D eigenvalue weighted by molar-refractivity contribution is 0.547. The maximum atomic E-state index is 3.69. The highest BCUT2D eigenvalue weighted by molar-refractivity contribution is 9.10. The molecule has 0 spiro atoms. The lowest BCUT2D eigenvalue weighted by atomic mass is 9.90. The second-order valence-corrected chi connectivity index (χ2v) is 5.88. The summed E-state index contributed by atoms with van der Waals surface area (Å²) in [6.07, 6.45) is 8.81. The predicted octanol–water partition coefficient (Wildman–Crippen LogP) is 4.99. The third-order valence-electron chi connectivity index (χ3n) is 3.50. The van der Waals surface area contributed by atoms with Crippen molar-refractivity contribution in [3.05, 3.63) is 46.0 Å². The van der Waals surface area contributed by atoms with Crippen LogP contribution in [0.4, 0.5) is 0 Å². The minimum absolute atomic E-state index is 0.415. The SMILES string of the molecule is CCCNC(C1=CCCCC1)c1ccc(Br)cc1. The van der Waals surface area contributed by atoms with E-state index in [0.717, 1.165) is 11.0 Å². The third-order valence-corrected chi connectivity index (χ3v) is 4.03. The Morgan fingerprint density at radius 1 is 1.22 bits per heavy atom. The van der Waals surface area contributed by atoms with E-state index in [1.807, 2.05) is 0 Å². The van der Waals surface area contributed by atoms with Crippen LogP contribution in [0.5, 0.6) is 0 Å². The second-order valence-electron chi connectivity index (χ2n) is 4.96. The van der Waals surface area contributed by atoms with Gasteiger partial charge in [-0.15, -0.1) is 0 Å². The van der Waals surface area contributed by atoms with Crippen molar-refractivity contribution in [2.45, 2.75) is 45.1 Å². The van der Waals surface area contributed by atoms with E-state index in [4.69, 9.17) is 0 Å². The van der Waals surface area contributed by atoms with Gasteiger partial charge in [-0.2, -0.15) is 0 Å². The van der Waals surface area contributed by atoms with Crippen LogP contribution in [0.2, 0.25) is 0 Å². The molecule has 1 aromatic rings. The molecule has 1 N–H and O–H groups in total.